The Hall–Kier alpha value is -1.23. The van der Waals surface area contributed by atoms with Gasteiger partial charge in [0.2, 0.25) is 0 Å². The third-order valence-electron chi connectivity index (χ3n) is 2.80. The predicted octanol–water partition coefficient (Wildman–Crippen LogP) is 3.00. The van der Waals surface area contributed by atoms with Gasteiger partial charge in [-0.25, -0.2) is 0 Å². The molecule has 1 amide bonds. The van der Waals surface area contributed by atoms with E-state index in [1.165, 1.54) is 0 Å². The topological polar surface area (TPSA) is 47.6 Å². The molecule has 1 atom stereocenters. The van der Waals surface area contributed by atoms with Crippen molar-refractivity contribution in [3.63, 3.8) is 0 Å². The molecule has 0 fully saturated rings. The van der Waals surface area contributed by atoms with Crippen LogP contribution in [0.4, 0.5) is 0 Å². The fourth-order valence-electron chi connectivity index (χ4n) is 1.74. The van der Waals surface area contributed by atoms with Gasteiger partial charge in [0.15, 0.2) is 0 Å². The van der Waals surface area contributed by atoms with Gasteiger partial charge in [0.1, 0.15) is 11.5 Å². The summed E-state index contributed by atoms with van der Waals surface area (Å²) in [6.45, 7) is 2.00. The number of hydrogen-bond acceptors (Lipinski definition) is 3. The quantitative estimate of drug-likeness (QED) is 0.782. The molecule has 0 heterocycles. The average molecular weight is 330 g/mol. The van der Waals surface area contributed by atoms with Crippen LogP contribution in [0.5, 0.6) is 11.5 Å². The summed E-state index contributed by atoms with van der Waals surface area (Å²) < 4.78 is 10.3. The van der Waals surface area contributed by atoms with E-state index in [1.807, 2.05) is 6.92 Å². The van der Waals surface area contributed by atoms with E-state index in [9.17, 15) is 4.79 Å². The maximum Gasteiger partial charge on any atom is 0.255 e. The molecule has 1 aromatic carbocycles. The molecule has 1 N–H and O–H groups in total. The number of nitrogens with one attached hydrogen (secondary N) is 1. The molecule has 0 aliphatic rings. The monoisotopic (exact) mass is 329 g/mol. The van der Waals surface area contributed by atoms with Crippen LogP contribution in [0.15, 0.2) is 18.2 Å². The zero-order valence-corrected chi connectivity index (χ0v) is 13.1. The van der Waals surface area contributed by atoms with Gasteiger partial charge >= 0.3 is 0 Å². The lowest BCUT2D eigenvalue weighted by Crippen LogP contribution is -2.32. The smallest absolute Gasteiger partial charge is 0.255 e. The number of methoxy groups -OCH3 is 2. The highest BCUT2D eigenvalue weighted by Crippen LogP contribution is 2.24. The van der Waals surface area contributed by atoms with E-state index in [2.05, 4.69) is 21.2 Å². The first-order chi connectivity index (χ1) is 9.12. The van der Waals surface area contributed by atoms with Crippen LogP contribution in [-0.4, -0.2) is 31.5 Å². The first-order valence-electron chi connectivity index (χ1n) is 6.21. The number of hydrogen-bond donors (Lipinski definition) is 1. The Morgan fingerprint density at radius 1 is 1.37 bits per heavy atom. The molecular weight excluding hydrogens is 310 g/mol. The van der Waals surface area contributed by atoms with E-state index in [-0.39, 0.29) is 11.9 Å². The maximum atomic E-state index is 12.2. The molecule has 106 valence electrons. The van der Waals surface area contributed by atoms with Gasteiger partial charge in [-0.3, -0.25) is 4.79 Å². The van der Waals surface area contributed by atoms with Gasteiger partial charge in [-0.2, -0.15) is 0 Å². The number of rotatable bonds is 7. The van der Waals surface area contributed by atoms with Crippen molar-refractivity contribution in [2.75, 3.05) is 19.5 Å². The van der Waals surface area contributed by atoms with Crippen LogP contribution < -0.4 is 14.8 Å². The Kier molecular flexibility index (Phi) is 6.70. The molecule has 1 unspecified atom stereocenters. The Labute approximate surface area is 122 Å². The van der Waals surface area contributed by atoms with Crippen LogP contribution in [0.1, 0.15) is 30.1 Å². The van der Waals surface area contributed by atoms with Gasteiger partial charge in [0, 0.05) is 17.4 Å². The Balaban J connectivity index is 2.76. The van der Waals surface area contributed by atoms with Crippen LogP contribution in [0.25, 0.3) is 0 Å². The van der Waals surface area contributed by atoms with E-state index < -0.39 is 0 Å². The van der Waals surface area contributed by atoms with E-state index in [0.29, 0.717) is 17.1 Å². The molecule has 0 aromatic heterocycles. The fourth-order valence-corrected chi connectivity index (χ4v) is 2.07. The Morgan fingerprint density at radius 3 is 2.68 bits per heavy atom. The standard InChI is InChI=1S/C14H20BrNO3/c1-10(5-4-8-15)16-14(17)12-7-6-11(18-2)9-13(12)19-3/h6-7,9-10H,4-5,8H2,1-3H3,(H,16,17). The van der Waals surface area contributed by atoms with Crippen LogP contribution in [0.3, 0.4) is 0 Å². The summed E-state index contributed by atoms with van der Waals surface area (Å²) in [7, 11) is 3.12. The second kappa shape index (κ2) is 8.04. The lowest BCUT2D eigenvalue weighted by molar-refractivity contribution is 0.0935. The fraction of sp³-hybridized carbons (Fsp3) is 0.500. The summed E-state index contributed by atoms with van der Waals surface area (Å²) in [6.07, 6.45) is 1.97. The minimum atomic E-state index is -0.124. The highest BCUT2D eigenvalue weighted by Gasteiger charge is 2.15. The summed E-state index contributed by atoms with van der Waals surface area (Å²) in [5.74, 6) is 1.06. The van der Waals surface area contributed by atoms with Gasteiger partial charge < -0.3 is 14.8 Å². The van der Waals surface area contributed by atoms with E-state index in [0.717, 1.165) is 18.2 Å². The minimum Gasteiger partial charge on any atom is -0.497 e. The number of amides is 1. The maximum absolute atomic E-state index is 12.2. The van der Waals surface area contributed by atoms with Crippen LogP contribution >= 0.6 is 15.9 Å². The van der Waals surface area contributed by atoms with Gasteiger partial charge in [-0.1, -0.05) is 15.9 Å². The molecule has 0 radical (unpaired) electrons. The zero-order valence-electron chi connectivity index (χ0n) is 11.5. The molecule has 1 rings (SSSR count). The summed E-state index contributed by atoms with van der Waals surface area (Å²) in [6, 6.07) is 5.31. The second-order valence-electron chi connectivity index (χ2n) is 4.27. The molecule has 0 saturated carbocycles. The summed E-state index contributed by atoms with van der Waals surface area (Å²) in [5, 5.41) is 3.91. The molecule has 0 aliphatic carbocycles. The van der Waals surface area contributed by atoms with Crippen molar-refractivity contribution in [2.24, 2.45) is 0 Å². The van der Waals surface area contributed by atoms with E-state index >= 15 is 0 Å². The molecule has 0 aliphatic heterocycles. The molecular formula is C14H20BrNO3. The number of alkyl halides is 1. The minimum absolute atomic E-state index is 0.124. The SMILES string of the molecule is COc1ccc(C(=O)NC(C)CCCBr)c(OC)c1. The number of carbonyl (C=O) groups excluding carboxylic acids is 1. The largest absolute Gasteiger partial charge is 0.497 e. The summed E-state index contributed by atoms with van der Waals surface area (Å²) in [4.78, 5) is 12.2. The number of halogens is 1. The van der Waals surface area contributed by atoms with Crippen molar-refractivity contribution in [2.45, 2.75) is 25.8 Å². The van der Waals surface area contributed by atoms with Crippen molar-refractivity contribution >= 4 is 21.8 Å². The van der Waals surface area contributed by atoms with Crippen molar-refractivity contribution in [1.82, 2.24) is 5.32 Å². The average Bonchev–Trinajstić information content (AvgIpc) is 2.44. The lowest BCUT2D eigenvalue weighted by Gasteiger charge is -2.15. The van der Waals surface area contributed by atoms with E-state index in [1.54, 1.807) is 32.4 Å². The van der Waals surface area contributed by atoms with Crippen LogP contribution in [-0.2, 0) is 0 Å². The molecule has 0 bridgehead atoms. The van der Waals surface area contributed by atoms with Crippen molar-refractivity contribution < 1.29 is 14.3 Å². The van der Waals surface area contributed by atoms with E-state index in [4.69, 9.17) is 9.47 Å². The third-order valence-corrected chi connectivity index (χ3v) is 3.36. The Morgan fingerprint density at radius 2 is 2.11 bits per heavy atom. The van der Waals surface area contributed by atoms with Crippen molar-refractivity contribution in [1.29, 1.82) is 0 Å². The molecule has 0 spiro atoms. The van der Waals surface area contributed by atoms with Gasteiger partial charge in [0.25, 0.3) is 5.91 Å². The van der Waals surface area contributed by atoms with Crippen molar-refractivity contribution in [3.05, 3.63) is 23.8 Å². The van der Waals surface area contributed by atoms with Crippen LogP contribution in [0.2, 0.25) is 0 Å². The molecule has 4 nitrogen and oxygen atoms in total. The molecule has 1 aromatic rings. The van der Waals surface area contributed by atoms with Gasteiger partial charge in [-0.05, 0) is 31.9 Å². The van der Waals surface area contributed by atoms with Gasteiger partial charge in [0.05, 0.1) is 19.8 Å². The van der Waals surface area contributed by atoms with Gasteiger partial charge in [-0.15, -0.1) is 0 Å². The van der Waals surface area contributed by atoms with Crippen LogP contribution in [0, 0.1) is 0 Å². The number of ether oxygens (including phenoxy) is 2. The summed E-state index contributed by atoms with van der Waals surface area (Å²) >= 11 is 3.38. The van der Waals surface area contributed by atoms with Crippen molar-refractivity contribution in [3.8, 4) is 11.5 Å². The highest BCUT2D eigenvalue weighted by atomic mass is 79.9. The molecule has 0 saturated heterocycles. The summed E-state index contributed by atoms with van der Waals surface area (Å²) in [5.41, 5.74) is 0.522. The zero-order chi connectivity index (χ0) is 14.3. The Bertz CT molecular complexity index is 423. The lowest BCUT2D eigenvalue weighted by atomic mass is 10.1. The number of benzene rings is 1. The first kappa shape index (κ1) is 15.8. The third kappa shape index (κ3) is 4.74. The normalized spacial score (nSPS) is 11.8. The highest BCUT2D eigenvalue weighted by molar-refractivity contribution is 9.09. The second-order valence-corrected chi connectivity index (χ2v) is 5.06. The first-order valence-corrected chi connectivity index (χ1v) is 7.33. The number of carbonyl (C=O) groups is 1. The molecule has 5 heteroatoms. The molecule has 19 heavy (non-hydrogen) atoms. The predicted molar refractivity (Wildman–Crippen MR) is 79.5 cm³/mol.